The zero-order valence-corrected chi connectivity index (χ0v) is 27.8. The Morgan fingerprint density at radius 1 is 0.622 bits per heavy atom. The maximum Gasteiger partial charge on any atom is 4.00 e. The molecule has 1 aliphatic rings. The van der Waals surface area contributed by atoms with E-state index in [4.69, 9.17) is 0 Å². The summed E-state index contributed by atoms with van der Waals surface area (Å²) in [6.45, 7) is 20.6. The van der Waals surface area contributed by atoms with E-state index in [9.17, 15) is 0 Å². The molecule has 0 N–H and O–H groups in total. The molecule has 0 aromatic heterocycles. The number of aryl methyl sites for hydroxylation is 4. The van der Waals surface area contributed by atoms with Gasteiger partial charge < -0.3 is 22.3 Å². The van der Waals surface area contributed by atoms with Crippen LogP contribution in [0.5, 0.6) is 0 Å². The van der Waals surface area contributed by atoms with Crippen LogP contribution in [0.4, 0.5) is 0 Å². The van der Waals surface area contributed by atoms with E-state index in [1.165, 1.54) is 60.1 Å². The van der Waals surface area contributed by atoms with Gasteiger partial charge in [0.05, 0.1) is 0 Å². The van der Waals surface area contributed by atoms with Gasteiger partial charge in [0.25, 0.3) is 0 Å². The predicted octanol–water partition coefficient (Wildman–Crippen LogP) is 7.91. The van der Waals surface area contributed by atoms with Gasteiger partial charge in [-0.25, -0.2) is 5.57 Å². The van der Waals surface area contributed by atoms with E-state index in [2.05, 4.69) is 129 Å². The summed E-state index contributed by atoms with van der Waals surface area (Å²) >= 11 is 0. The molecule has 0 nitrogen and oxygen atoms in total. The van der Waals surface area contributed by atoms with Crippen molar-refractivity contribution in [1.29, 1.82) is 0 Å². The molecule has 0 aliphatic heterocycles. The van der Waals surface area contributed by atoms with Gasteiger partial charge in [0.1, 0.15) is 8.07 Å². The molecule has 0 amide bonds. The molecule has 0 bridgehead atoms. The van der Waals surface area contributed by atoms with Crippen molar-refractivity contribution in [3.63, 3.8) is 0 Å². The second-order valence-electron chi connectivity index (χ2n) is 10.4. The maximum absolute atomic E-state index is 4.06. The number of allylic oxidation sites excluding steroid dienone is 4. The van der Waals surface area contributed by atoms with Crippen LogP contribution in [0.2, 0.25) is 5.04 Å². The van der Waals surface area contributed by atoms with Crippen molar-refractivity contribution in [1.82, 2.24) is 0 Å². The zero-order valence-electron chi connectivity index (χ0n) is 25.3. The normalized spacial score (nSPS) is 17.9. The summed E-state index contributed by atoms with van der Waals surface area (Å²) < 4.78 is 0. The average Bonchev–Trinajstić information content (AvgIpc) is 2.96. The smallest absolute Gasteiger partial charge is 0.358 e. The van der Waals surface area contributed by atoms with E-state index in [1.54, 1.807) is 0 Å². The fraction of sp³-hybridized carbons (Fsp3) is 0.286. The summed E-state index contributed by atoms with van der Waals surface area (Å²) in [5, 5.41) is 4.23. The van der Waals surface area contributed by atoms with Gasteiger partial charge in [-0.3, -0.25) is 6.08 Å². The van der Waals surface area contributed by atoms with Gasteiger partial charge in [-0.2, -0.15) is 11.1 Å². The number of hydrogen-bond acceptors (Lipinski definition) is 0. The standard InChI is InChI=1S/C32H37Si.3CH3.Ti/c1-21-15-22(2)17-30(16-21)33(29-13-11-10-12-14-29,31-18-23(3)26(6)24(4)19-31)32(9)20-25(5)27(7)28(32)8;;;;/h10-19H,1-9H3;3*1H3;/q4*-1;+4. The van der Waals surface area contributed by atoms with Crippen molar-refractivity contribution in [3.05, 3.63) is 134 Å². The van der Waals surface area contributed by atoms with E-state index in [-0.39, 0.29) is 49.0 Å². The fourth-order valence-corrected chi connectivity index (χ4v) is 12.4. The molecule has 0 saturated carbocycles. The van der Waals surface area contributed by atoms with Crippen molar-refractivity contribution < 1.29 is 21.7 Å². The number of rotatable bonds is 4. The Morgan fingerprint density at radius 3 is 1.51 bits per heavy atom. The molecule has 37 heavy (non-hydrogen) atoms. The van der Waals surface area contributed by atoms with Gasteiger partial charge in [-0.1, -0.05) is 97.6 Å². The minimum Gasteiger partial charge on any atom is -0.358 e. The van der Waals surface area contributed by atoms with E-state index in [1.807, 2.05) is 0 Å². The third-order valence-electron chi connectivity index (χ3n) is 8.28. The first-order chi connectivity index (χ1) is 15.5. The van der Waals surface area contributed by atoms with Gasteiger partial charge >= 0.3 is 21.7 Å². The van der Waals surface area contributed by atoms with E-state index < -0.39 is 8.07 Å². The molecule has 4 rings (SSSR count). The van der Waals surface area contributed by atoms with Crippen LogP contribution in [0.25, 0.3) is 0 Å². The molecule has 2 unspecified atom stereocenters. The van der Waals surface area contributed by atoms with Crippen LogP contribution < -0.4 is 15.6 Å². The summed E-state index contributed by atoms with van der Waals surface area (Å²) in [5.41, 5.74) is 11.0. The Balaban J connectivity index is 0.00000324. The van der Waals surface area contributed by atoms with Crippen LogP contribution in [0.1, 0.15) is 55.5 Å². The Hall–Kier alpha value is -1.93. The SMILES string of the molecule is CC1=[C-]C(C)([Si](c2ccccc2)(c2cc(C)cc(C)c2)c2cc(C)c(C)c(C)c2)C(C)=C1C.[CH3-].[CH3-].[CH3-].[Ti+4]. The zero-order chi connectivity index (χ0) is 24.1. The molecule has 0 heterocycles. The van der Waals surface area contributed by atoms with Crippen LogP contribution in [-0.2, 0) is 21.7 Å². The average molecular weight is 543 g/mol. The molecule has 3 aromatic rings. The molecule has 194 valence electrons. The maximum atomic E-state index is 4.06. The van der Waals surface area contributed by atoms with Gasteiger partial charge in [-0.05, 0) is 66.9 Å². The Bertz CT molecular complexity index is 1250. The van der Waals surface area contributed by atoms with E-state index in [0.29, 0.717) is 0 Å². The van der Waals surface area contributed by atoms with Crippen LogP contribution >= 0.6 is 0 Å². The third kappa shape index (κ3) is 5.47. The van der Waals surface area contributed by atoms with Crippen LogP contribution in [0.3, 0.4) is 0 Å². The topological polar surface area (TPSA) is 0 Å². The van der Waals surface area contributed by atoms with E-state index >= 15 is 0 Å². The quantitative estimate of drug-likeness (QED) is 0.179. The second kappa shape index (κ2) is 12.7. The van der Waals surface area contributed by atoms with Gasteiger partial charge in [0.2, 0.25) is 0 Å². The van der Waals surface area contributed by atoms with Gasteiger partial charge in [0, 0.05) is 0 Å². The first-order valence-electron chi connectivity index (χ1n) is 12.0. The molecule has 0 radical (unpaired) electrons. The Kier molecular flexibility index (Phi) is 12.1. The Labute approximate surface area is 245 Å². The Morgan fingerprint density at radius 2 is 1.08 bits per heavy atom. The molecular weight excluding hydrogens is 496 g/mol. The number of benzene rings is 3. The van der Waals surface area contributed by atoms with Crippen molar-refractivity contribution in [2.75, 3.05) is 0 Å². The summed E-state index contributed by atoms with van der Waals surface area (Å²) in [6.07, 6.45) is 4.06. The van der Waals surface area contributed by atoms with Crippen LogP contribution in [-0.4, -0.2) is 8.07 Å². The molecule has 2 atom stereocenters. The summed E-state index contributed by atoms with van der Waals surface area (Å²) in [5.74, 6) is 0. The fourth-order valence-electron chi connectivity index (χ4n) is 6.09. The van der Waals surface area contributed by atoms with Gasteiger partial charge in [-0.15, -0.1) is 6.92 Å². The molecule has 2 heteroatoms. The molecule has 0 fully saturated rings. The third-order valence-corrected chi connectivity index (χ3v) is 13.8. The minimum absolute atomic E-state index is 0. The first-order valence-corrected chi connectivity index (χ1v) is 14.0. The first kappa shape index (κ1) is 35.1. The molecule has 0 spiro atoms. The van der Waals surface area contributed by atoms with Crippen molar-refractivity contribution >= 4 is 23.6 Å². The van der Waals surface area contributed by atoms with Crippen molar-refractivity contribution in [2.24, 2.45) is 0 Å². The van der Waals surface area contributed by atoms with Gasteiger partial charge in [0.15, 0.2) is 0 Å². The van der Waals surface area contributed by atoms with E-state index in [0.717, 1.165) is 0 Å². The van der Waals surface area contributed by atoms with Crippen LogP contribution in [0.15, 0.2) is 77.4 Å². The molecule has 0 saturated heterocycles. The monoisotopic (exact) mass is 542 g/mol. The largest absolute Gasteiger partial charge is 4.00 e. The second-order valence-corrected chi connectivity index (χ2v) is 14.6. The molecule has 3 aromatic carbocycles. The van der Waals surface area contributed by atoms with Crippen LogP contribution in [0, 0.1) is 63.0 Å². The summed E-state index contributed by atoms with van der Waals surface area (Å²) in [4.78, 5) is 0. The number of hydrogen-bond donors (Lipinski definition) is 0. The van der Waals surface area contributed by atoms with Crippen molar-refractivity contribution in [2.45, 2.75) is 67.4 Å². The summed E-state index contributed by atoms with van der Waals surface area (Å²) in [6, 6.07) is 23.5. The molecular formula is C35H46SiTi. The molecule has 1 aliphatic carbocycles. The minimum atomic E-state index is -2.60. The van der Waals surface area contributed by atoms with Crippen molar-refractivity contribution in [3.8, 4) is 0 Å². The summed E-state index contributed by atoms with van der Waals surface area (Å²) in [7, 11) is -2.60. The predicted molar refractivity (Wildman–Crippen MR) is 166 cm³/mol.